The molecule has 0 saturated heterocycles. The Morgan fingerprint density at radius 2 is 2.00 bits per heavy atom. The summed E-state index contributed by atoms with van der Waals surface area (Å²) < 4.78 is 5.18. The third-order valence-corrected chi connectivity index (χ3v) is 3.61. The lowest BCUT2D eigenvalue weighted by Crippen LogP contribution is -2.37. The molecule has 2 nitrogen and oxygen atoms in total. The van der Waals surface area contributed by atoms with E-state index in [-0.39, 0.29) is 11.4 Å². The molecule has 1 aliphatic carbocycles. The Kier molecular flexibility index (Phi) is 3.95. The quantitative estimate of drug-likeness (QED) is 0.527. The van der Waals surface area contributed by atoms with Gasteiger partial charge in [-0.05, 0) is 45.4 Å². The van der Waals surface area contributed by atoms with Crippen LogP contribution in [-0.2, 0) is 9.53 Å². The average Bonchev–Trinajstić information content (AvgIpc) is 2.19. The molecule has 0 aromatic heterocycles. The molecule has 1 aliphatic rings. The van der Waals surface area contributed by atoms with Gasteiger partial charge in [-0.2, -0.15) is 0 Å². The summed E-state index contributed by atoms with van der Waals surface area (Å²) in [7, 11) is 0. The molecule has 0 aliphatic heterocycles. The fourth-order valence-electron chi connectivity index (χ4n) is 2.33. The van der Waals surface area contributed by atoms with E-state index >= 15 is 0 Å². The number of hydrogen-bond acceptors (Lipinski definition) is 2. The molecule has 1 saturated carbocycles. The monoisotopic (exact) mass is 210 g/mol. The molecule has 0 amide bonds. The summed E-state index contributed by atoms with van der Waals surface area (Å²) in [5, 5.41) is 0. The van der Waals surface area contributed by atoms with Crippen molar-refractivity contribution in [3.63, 3.8) is 0 Å². The zero-order chi connectivity index (χ0) is 11.5. The van der Waals surface area contributed by atoms with Gasteiger partial charge in [0, 0.05) is 0 Å². The number of hydrogen-bond donors (Lipinski definition) is 0. The van der Waals surface area contributed by atoms with Crippen molar-refractivity contribution in [1.82, 2.24) is 0 Å². The van der Waals surface area contributed by atoms with Crippen molar-refractivity contribution in [3.05, 3.63) is 12.2 Å². The largest absolute Gasteiger partial charge is 0.465 e. The van der Waals surface area contributed by atoms with E-state index in [2.05, 4.69) is 13.5 Å². The van der Waals surface area contributed by atoms with Crippen LogP contribution in [0.1, 0.15) is 46.5 Å². The summed E-state index contributed by atoms with van der Waals surface area (Å²) >= 11 is 0. The SMILES string of the molecule is C=C(C)C1(C(=O)OCC)CCC(C)CC1. The van der Waals surface area contributed by atoms with E-state index in [1.807, 2.05) is 13.8 Å². The Hall–Kier alpha value is -0.790. The zero-order valence-corrected chi connectivity index (χ0v) is 10.1. The predicted molar refractivity (Wildman–Crippen MR) is 61.5 cm³/mol. The number of rotatable bonds is 3. The Morgan fingerprint density at radius 1 is 1.47 bits per heavy atom. The van der Waals surface area contributed by atoms with Crippen LogP contribution in [0.4, 0.5) is 0 Å². The molecule has 86 valence electrons. The average molecular weight is 210 g/mol. The highest BCUT2D eigenvalue weighted by atomic mass is 16.5. The zero-order valence-electron chi connectivity index (χ0n) is 10.1. The van der Waals surface area contributed by atoms with Crippen LogP contribution in [0.3, 0.4) is 0 Å². The van der Waals surface area contributed by atoms with Crippen molar-refractivity contribution >= 4 is 5.97 Å². The fraction of sp³-hybridized carbons (Fsp3) is 0.769. The van der Waals surface area contributed by atoms with Gasteiger partial charge in [0.2, 0.25) is 0 Å². The summed E-state index contributed by atoms with van der Waals surface area (Å²) in [6, 6.07) is 0. The van der Waals surface area contributed by atoms with Gasteiger partial charge < -0.3 is 4.74 Å². The summed E-state index contributed by atoms with van der Waals surface area (Å²) in [6.45, 7) is 10.5. The Bertz CT molecular complexity index is 247. The lowest BCUT2D eigenvalue weighted by atomic mass is 9.67. The smallest absolute Gasteiger partial charge is 0.316 e. The van der Waals surface area contributed by atoms with Gasteiger partial charge in [0.25, 0.3) is 0 Å². The van der Waals surface area contributed by atoms with E-state index in [0.29, 0.717) is 6.61 Å². The van der Waals surface area contributed by atoms with Crippen molar-refractivity contribution in [2.45, 2.75) is 46.5 Å². The van der Waals surface area contributed by atoms with Crippen molar-refractivity contribution in [3.8, 4) is 0 Å². The van der Waals surface area contributed by atoms with Gasteiger partial charge in [-0.15, -0.1) is 0 Å². The number of carbonyl (C=O) groups excluding carboxylic acids is 1. The molecular weight excluding hydrogens is 188 g/mol. The number of esters is 1. The molecule has 0 radical (unpaired) electrons. The van der Waals surface area contributed by atoms with Crippen molar-refractivity contribution in [1.29, 1.82) is 0 Å². The maximum atomic E-state index is 12.0. The highest BCUT2D eigenvalue weighted by Crippen LogP contribution is 2.44. The maximum absolute atomic E-state index is 12.0. The molecule has 0 aromatic rings. The topological polar surface area (TPSA) is 26.3 Å². The Labute approximate surface area is 92.7 Å². The number of ether oxygens (including phenoxy) is 1. The molecule has 0 unspecified atom stereocenters. The molecule has 0 atom stereocenters. The van der Waals surface area contributed by atoms with Gasteiger partial charge in [0.15, 0.2) is 0 Å². The minimum Gasteiger partial charge on any atom is -0.465 e. The first-order chi connectivity index (χ1) is 7.03. The van der Waals surface area contributed by atoms with Crippen molar-refractivity contribution < 1.29 is 9.53 Å². The first kappa shape index (κ1) is 12.3. The molecule has 1 rings (SSSR count). The molecule has 0 spiro atoms. The normalized spacial score (nSPS) is 31.0. The third-order valence-electron chi connectivity index (χ3n) is 3.61. The van der Waals surface area contributed by atoms with Crippen LogP contribution in [0, 0.1) is 11.3 Å². The summed E-state index contributed by atoms with van der Waals surface area (Å²) in [5.74, 6) is 0.663. The second-order valence-corrected chi connectivity index (χ2v) is 4.77. The highest BCUT2D eigenvalue weighted by Gasteiger charge is 2.42. The standard InChI is InChI=1S/C13H22O2/c1-5-15-12(14)13(10(2)3)8-6-11(4)7-9-13/h11H,2,5-9H2,1,3-4H3. The van der Waals surface area contributed by atoms with Crippen LogP contribution in [0.25, 0.3) is 0 Å². The van der Waals surface area contributed by atoms with E-state index in [1.54, 1.807) is 0 Å². The van der Waals surface area contributed by atoms with Crippen LogP contribution in [-0.4, -0.2) is 12.6 Å². The van der Waals surface area contributed by atoms with E-state index in [9.17, 15) is 4.79 Å². The third kappa shape index (κ3) is 2.42. The van der Waals surface area contributed by atoms with Gasteiger partial charge >= 0.3 is 5.97 Å². The highest BCUT2D eigenvalue weighted by molar-refractivity contribution is 5.80. The first-order valence-corrected chi connectivity index (χ1v) is 5.86. The van der Waals surface area contributed by atoms with Gasteiger partial charge in [0.05, 0.1) is 12.0 Å². The molecule has 2 heteroatoms. The van der Waals surface area contributed by atoms with E-state index in [0.717, 1.165) is 37.2 Å². The summed E-state index contributed by atoms with van der Waals surface area (Å²) in [5.41, 5.74) is 0.579. The molecule has 0 aromatic carbocycles. The van der Waals surface area contributed by atoms with Crippen molar-refractivity contribution in [2.24, 2.45) is 11.3 Å². The predicted octanol–water partition coefficient (Wildman–Crippen LogP) is 3.32. The summed E-state index contributed by atoms with van der Waals surface area (Å²) in [4.78, 5) is 12.0. The number of carbonyl (C=O) groups is 1. The van der Waals surface area contributed by atoms with E-state index in [1.165, 1.54) is 0 Å². The van der Waals surface area contributed by atoms with Gasteiger partial charge in [0.1, 0.15) is 0 Å². The van der Waals surface area contributed by atoms with E-state index in [4.69, 9.17) is 4.74 Å². The van der Waals surface area contributed by atoms with Crippen LogP contribution in [0.5, 0.6) is 0 Å². The molecule has 15 heavy (non-hydrogen) atoms. The first-order valence-electron chi connectivity index (χ1n) is 5.86. The Morgan fingerprint density at radius 3 is 2.40 bits per heavy atom. The minimum atomic E-state index is -0.386. The van der Waals surface area contributed by atoms with Gasteiger partial charge in [-0.3, -0.25) is 4.79 Å². The van der Waals surface area contributed by atoms with Crippen LogP contribution < -0.4 is 0 Å². The molecule has 0 N–H and O–H groups in total. The molecule has 0 heterocycles. The molecule has 1 fully saturated rings. The fourth-order valence-corrected chi connectivity index (χ4v) is 2.33. The second-order valence-electron chi connectivity index (χ2n) is 4.77. The second kappa shape index (κ2) is 4.82. The van der Waals surface area contributed by atoms with Gasteiger partial charge in [-0.1, -0.05) is 19.1 Å². The van der Waals surface area contributed by atoms with Gasteiger partial charge in [-0.25, -0.2) is 0 Å². The maximum Gasteiger partial charge on any atom is 0.316 e. The summed E-state index contributed by atoms with van der Waals surface area (Å²) in [6.07, 6.45) is 4.02. The van der Waals surface area contributed by atoms with Crippen LogP contribution in [0.2, 0.25) is 0 Å². The van der Waals surface area contributed by atoms with E-state index < -0.39 is 0 Å². The molecule has 0 bridgehead atoms. The minimum absolute atomic E-state index is 0.0654. The lowest BCUT2D eigenvalue weighted by Gasteiger charge is -2.37. The van der Waals surface area contributed by atoms with Crippen molar-refractivity contribution in [2.75, 3.05) is 6.61 Å². The Balaban J connectivity index is 2.80. The lowest BCUT2D eigenvalue weighted by molar-refractivity contribution is -0.155. The molecular formula is C13H22O2. The van der Waals surface area contributed by atoms with Crippen LogP contribution >= 0.6 is 0 Å². The van der Waals surface area contributed by atoms with Crippen LogP contribution in [0.15, 0.2) is 12.2 Å².